The minimum Gasteiger partial charge on any atom is -0.493 e. The van der Waals surface area contributed by atoms with Crippen LogP contribution in [0.2, 0.25) is 0 Å². The molecule has 0 atom stereocenters. The van der Waals surface area contributed by atoms with Crippen LogP contribution in [0.25, 0.3) is 0 Å². The first-order valence-electron chi connectivity index (χ1n) is 5.57. The molecule has 4 nitrogen and oxygen atoms in total. The van der Waals surface area contributed by atoms with Crippen LogP contribution in [0.15, 0.2) is 36.4 Å². The largest absolute Gasteiger partial charge is 0.493 e. The van der Waals surface area contributed by atoms with Crippen molar-refractivity contribution in [1.82, 2.24) is 0 Å². The van der Waals surface area contributed by atoms with Gasteiger partial charge in [-0.1, -0.05) is 6.07 Å². The third kappa shape index (κ3) is 2.48. The summed E-state index contributed by atoms with van der Waals surface area (Å²) in [6.07, 6.45) is 0. The number of hydrogen-bond acceptors (Lipinski definition) is 4. The van der Waals surface area contributed by atoms with Crippen LogP contribution in [0.4, 0.5) is 11.4 Å². The lowest BCUT2D eigenvalue weighted by molar-refractivity contribution is 0.378. The number of methoxy groups -OCH3 is 1. The highest BCUT2D eigenvalue weighted by Crippen LogP contribution is 2.33. The molecule has 0 radical (unpaired) electrons. The fraction of sp³-hybridized carbons (Fsp3) is 0.143. The molecule has 4 heteroatoms. The van der Waals surface area contributed by atoms with Gasteiger partial charge in [0.25, 0.3) is 0 Å². The molecule has 0 bridgehead atoms. The Kier molecular flexibility index (Phi) is 3.28. The molecule has 4 N–H and O–H groups in total. The molecule has 94 valence electrons. The van der Waals surface area contributed by atoms with Gasteiger partial charge in [0.2, 0.25) is 0 Å². The molecule has 2 aromatic rings. The summed E-state index contributed by atoms with van der Waals surface area (Å²) in [4.78, 5) is 0. The smallest absolute Gasteiger partial charge is 0.169 e. The molecule has 0 aromatic heterocycles. The summed E-state index contributed by atoms with van der Waals surface area (Å²) in [5, 5.41) is 0. The van der Waals surface area contributed by atoms with Gasteiger partial charge in [-0.05, 0) is 36.8 Å². The SMILES string of the molecule is COc1cc(C)ccc1Oc1ccc(N)c(N)c1. The van der Waals surface area contributed by atoms with Gasteiger partial charge < -0.3 is 20.9 Å². The normalized spacial score (nSPS) is 10.1. The predicted molar refractivity (Wildman–Crippen MR) is 73.1 cm³/mol. The Bertz CT molecular complexity index is 568. The number of nitrogen functional groups attached to an aromatic ring is 2. The van der Waals surface area contributed by atoms with Gasteiger partial charge in [0.15, 0.2) is 11.5 Å². The average molecular weight is 244 g/mol. The zero-order valence-corrected chi connectivity index (χ0v) is 10.4. The van der Waals surface area contributed by atoms with Crippen molar-refractivity contribution < 1.29 is 9.47 Å². The molecule has 0 aliphatic heterocycles. The molecule has 2 rings (SSSR count). The second-order valence-electron chi connectivity index (χ2n) is 4.05. The molecule has 2 aromatic carbocycles. The van der Waals surface area contributed by atoms with Crippen molar-refractivity contribution in [3.05, 3.63) is 42.0 Å². The molecule has 18 heavy (non-hydrogen) atoms. The molecule has 0 amide bonds. The summed E-state index contributed by atoms with van der Waals surface area (Å²) in [6.45, 7) is 1.99. The number of benzene rings is 2. The standard InChI is InChI=1S/C14H16N2O2/c1-9-3-6-13(14(7-9)17-2)18-10-4-5-11(15)12(16)8-10/h3-8H,15-16H2,1-2H3. The molecule has 0 aliphatic rings. The Labute approximate surface area is 106 Å². The minimum atomic E-state index is 0.499. The number of nitrogens with two attached hydrogens (primary N) is 2. The van der Waals surface area contributed by atoms with Crippen LogP contribution in [0.1, 0.15) is 5.56 Å². The van der Waals surface area contributed by atoms with Crippen LogP contribution in [0, 0.1) is 6.92 Å². The average Bonchev–Trinajstić information content (AvgIpc) is 2.36. The molecular weight excluding hydrogens is 228 g/mol. The molecule has 0 saturated heterocycles. The molecule has 0 unspecified atom stereocenters. The highest BCUT2D eigenvalue weighted by molar-refractivity contribution is 5.65. The van der Waals surface area contributed by atoms with Crippen molar-refractivity contribution in [2.45, 2.75) is 6.92 Å². The minimum absolute atomic E-state index is 0.499. The van der Waals surface area contributed by atoms with Crippen LogP contribution in [0.3, 0.4) is 0 Å². The number of aryl methyl sites for hydroxylation is 1. The fourth-order valence-corrected chi connectivity index (χ4v) is 1.60. The summed E-state index contributed by atoms with van der Waals surface area (Å²) in [6, 6.07) is 10.9. The first kappa shape index (κ1) is 12.1. The van der Waals surface area contributed by atoms with Gasteiger partial charge in [-0.3, -0.25) is 0 Å². The number of ether oxygens (including phenoxy) is 2. The van der Waals surface area contributed by atoms with Crippen LogP contribution in [-0.2, 0) is 0 Å². The third-order valence-corrected chi connectivity index (χ3v) is 2.61. The van der Waals surface area contributed by atoms with E-state index in [-0.39, 0.29) is 0 Å². The first-order chi connectivity index (χ1) is 8.60. The van der Waals surface area contributed by atoms with Crippen LogP contribution in [-0.4, -0.2) is 7.11 Å². The van der Waals surface area contributed by atoms with Crippen molar-refractivity contribution in [3.8, 4) is 17.2 Å². The van der Waals surface area contributed by atoms with Crippen molar-refractivity contribution in [2.75, 3.05) is 18.6 Å². The van der Waals surface area contributed by atoms with Gasteiger partial charge >= 0.3 is 0 Å². The van der Waals surface area contributed by atoms with E-state index in [1.54, 1.807) is 25.3 Å². The predicted octanol–water partition coefficient (Wildman–Crippen LogP) is 2.96. The van der Waals surface area contributed by atoms with Crippen molar-refractivity contribution >= 4 is 11.4 Å². The zero-order valence-electron chi connectivity index (χ0n) is 10.4. The van der Waals surface area contributed by atoms with E-state index in [9.17, 15) is 0 Å². The Morgan fingerprint density at radius 1 is 0.889 bits per heavy atom. The Morgan fingerprint density at radius 2 is 1.67 bits per heavy atom. The van der Waals surface area contributed by atoms with Gasteiger partial charge in [0.1, 0.15) is 5.75 Å². The van der Waals surface area contributed by atoms with Crippen molar-refractivity contribution in [1.29, 1.82) is 0 Å². The molecule has 0 aliphatic carbocycles. The van der Waals surface area contributed by atoms with E-state index in [2.05, 4.69) is 0 Å². The lowest BCUT2D eigenvalue weighted by atomic mass is 10.2. The molecule has 0 fully saturated rings. The molecule has 0 heterocycles. The summed E-state index contributed by atoms with van der Waals surface area (Å²) >= 11 is 0. The van der Waals surface area contributed by atoms with Gasteiger partial charge in [-0.15, -0.1) is 0 Å². The topological polar surface area (TPSA) is 70.5 Å². The van der Waals surface area contributed by atoms with E-state index in [0.717, 1.165) is 5.56 Å². The summed E-state index contributed by atoms with van der Waals surface area (Å²) < 4.78 is 11.0. The van der Waals surface area contributed by atoms with Crippen molar-refractivity contribution in [3.63, 3.8) is 0 Å². The summed E-state index contributed by atoms with van der Waals surface area (Å²) in [7, 11) is 1.61. The number of hydrogen-bond donors (Lipinski definition) is 2. The highest BCUT2D eigenvalue weighted by atomic mass is 16.5. The van der Waals surface area contributed by atoms with Crippen LogP contribution in [0.5, 0.6) is 17.2 Å². The third-order valence-electron chi connectivity index (χ3n) is 2.61. The highest BCUT2D eigenvalue weighted by Gasteiger charge is 2.06. The molecule has 0 saturated carbocycles. The van der Waals surface area contributed by atoms with Gasteiger partial charge in [0.05, 0.1) is 18.5 Å². The summed E-state index contributed by atoms with van der Waals surface area (Å²) in [5.74, 6) is 1.96. The molecular formula is C14H16N2O2. The van der Waals surface area contributed by atoms with E-state index in [0.29, 0.717) is 28.6 Å². The van der Waals surface area contributed by atoms with E-state index in [1.165, 1.54) is 0 Å². The Hall–Kier alpha value is -2.36. The number of anilines is 2. The van der Waals surface area contributed by atoms with E-state index < -0.39 is 0 Å². The summed E-state index contributed by atoms with van der Waals surface area (Å²) in [5.41, 5.74) is 13.5. The van der Waals surface area contributed by atoms with Gasteiger partial charge in [-0.2, -0.15) is 0 Å². The van der Waals surface area contributed by atoms with E-state index >= 15 is 0 Å². The maximum atomic E-state index is 5.73. The van der Waals surface area contributed by atoms with E-state index in [4.69, 9.17) is 20.9 Å². The van der Waals surface area contributed by atoms with Crippen LogP contribution >= 0.6 is 0 Å². The van der Waals surface area contributed by atoms with Gasteiger partial charge in [-0.25, -0.2) is 0 Å². The lowest BCUT2D eigenvalue weighted by Gasteiger charge is -2.11. The second kappa shape index (κ2) is 4.87. The van der Waals surface area contributed by atoms with Crippen molar-refractivity contribution in [2.24, 2.45) is 0 Å². The lowest BCUT2D eigenvalue weighted by Crippen LogP contribution is -1.95. The maximum absolute atomic E-state index is 5.73. The second-order valence-corrected chi connectivity index (χ2v) is 4.05. The fourth-order valence-electron chi connectivity index (χ4n) is 1.60. The van der Waals surface area contributed by atoms with Crippen LogP contribution < -0.4 is 20.9 Å². The Balaban J connectivity index is 2.30. The molecule has 0 spiro atoms. The van der Waals surface area contributed by atoms with E-state index in [1.807, 2.05) is 25.1 Å². The zero-order chi connectivity index (χ0) is 13.1. The van der Waals surface area contributed by atoms with Gasteiger partial charge in [0, 0.05) is 6.07 Å². The number of rotatable bonds is 3. The maximum Gasteiger partial charge on any atom is 0.169 e. The first-order valence-corrected chi connectivity index (χ1v) is 5.57. The quantitative estimate of drug-likeness (QED) is 0.814. The Morgan fingerprint density at radius 3 is 2.33 bits per heavy atom. The monoisotopic (exact) mass is 244 g/mol.